The van der Waals surface area contributed by atoms with Crippen LogP contribution in [0.25, 0.3) is 0 Å². The van der Waals surface area contributed by atoms with E-state index in [1.807, 2.05) is 6.07 Å². The molecule has 0 aliphatic carbocycles. The zero-order valence-electron chi connectivity index (χ0n) is 9.55. The lowest BCUT2D eigenvalue weighted by molar-refractivity contribution is 0.486. The van der Waals surface area contributed by atoms with E-state index in [9.17, 15) is 0 Å². The molecule has 1 aromatic heterocycles. The number of furan rings is 1. The molecule has 2 heteroatoms. The van der Waals surface area contributed by atoms with Crippen LogP contribution in [0.3, 0.4) is 0 Å². The van der Waals surface area contributed by atoms with Crippen LogP contribution in [0.2, 0.25) is 0 Å². The molecule has 0 bridgehead atoms. The first kappa shape index (κ1) is 11.9. The van der Waals surface area contributed by atoms with Gasteiger partial charge in [0.15, 0.2) is 0 Å². The number of rotatable bonds is 6. The normalized spacial score (nSPS) is 12.3. The summed E-state index contributed by atoms with van der Waals surface area (Å²) in [4.78, 5) is 0. The molecular weight excluding hydrogens is 186 g/mol. The van der Waals surface area contributed by atoms with Gasteiger partial charge in [-0.25, -0.2) is 0 Å². The van der Waals surface area contributed by atoms with Gasteiger partial charge in [0.2, 0.25) is 0 Å². The number of terminal acetylenes is 1. The van der Waals surface area contributed by atoms with E-state index >= 15 is 0 Å². The highest BCUT2D eigenvalue weighted by Crippen LogP contribution is 2.22. The van der Waals surface area contributed by atoms with Crippen molar-refractivity contribution in [3.63, 3.8) is 0 Å². The Kier molecular flexibility index (Phi) is 5.00. The van der Waals surface area contributed by atoms with Gasteiger partial charge in [-0.3, -0.25) is 0 Å². The molecule has 0 aliphatic rings. The first-order valence-corrected chi connectivity index (χ1v) is 5.56. The van der Waals surface area contributed by atoms with Crippen LogP contribution in [0.4, 0.5) is 0 Å². The first-order chi connectivity index (χ1) is 7.33. The highest BCUT2D eigenvalue weighted by atomic mass is 16.3. The standard InChI is InChI=1S/C13H19NO/c1-4-7-12(14-9-5-2)11-8-10-15-13(11)6-3/h1,8,10,12,14H,5-7,9H2,2-3H3. The van der Waals surface area contributed by atoms with Crippen LogP contribution in [0.1, 0.15) is 44.1 Å². The predicted octanol–water partition coefficient (Wildman–Crippen LogP) is 2.91. The van der Waals surface area contributed by atoms with E-state index in [1.54, 1.807) is 6.26 Å². The number of hydrogen-bond acceptors (Lipinski definition) is 2. The fourth-order valence-corrected chi connectivity index (χ4v) is 1.68. The van der Waals surface area contributed by atoms with Crippen molar-refractivity contribution >= 4 is 0 Å². The van der Waals surface area contributed by atoms with Gasteiger partial charge in [-0.1, -0.05) is 13.8 Å². The summed E-state index contributed by atoms with van der Waals surface area (Å²) in [6.45, 7) is 5.23. The van der Waals surface area contributed by atoms with Crippen molar-refractivity contribution in [2.45, 2.75) is 39.2 Å². The summed E-state index contributed by atoms with van der Waals surface area (Å²) in [5.41, 5.74) is 1.21. The summed E-state index contributed by atoms with van der Waals surface area (Å²) in [6, 6.07) is 2.26. The predicted molar refractivity (Wildman–Crippen MR) is 62.6 cm³/mol. The molecule has 1 rings (SSSR count). The smallest absolute Gasteiger partial charge is 0.108 e. The average molecular weight is 205 g/mol. The molecule has 0 spiro atoms. The van der Waals surface area contributed by atoms with E-state index in [0.717, 1.165) is 25.1 Å². The van der Waals surface area contributed by atoms with Crippen molar-refractivity contribution in [3.8, 4) is 12.3 Å². The largest absolute Gasteiger partial charge is 0.469 e. The van der Waals surface area contributed by atoms with Gasteiger partial charge in [-0.2, -0.15) is 0 Å². The van der Waals surface area contributed by atoms with E-state index in [2.05, 4.69) is 25.1 Å². The minimum absolute atomic E-state index is 0.239. The Hall–Kier alpha value is -1.20. The lowest BCUT2D eigenvalue weighted by Crippen LogP contribution is -2.22. The van der Waals surface area contributed by atoms with Crippen molar-refractivity contribution in [2.75, 3.05) is 6.54 Å². The summed E-state index contributed by atoms with van der Waals surface area (Å²) in [5.74, 6) is 3.75. The van der Waals surface area contributed by atoms with Gasteiger partial charge in [0.1, 0.15) is 5.76 Å². The highest BCUT2D eigenvalue weighted by Gasteiger charge is 2.14. The molecule has 2 nitrogen and oxygen atoms in total. The highest BCUT2D eigenvalue weighted by molar-refractivity contribution is 5.23. The summed E-state index contributed by atoms with van der Waals surface area (Å²) in [7, 11) is 0. The summed E-state index contributed by atoms with van der Waals surface area (Å²) in [6.07, 6.45) is 9.86. The quantitative estimate of drug-likeness (QED) is 0.722. The van der Waals surface area contributed by atoms with Crippen LogP contribution < -0.4 is 5.32 Å². The molecule has 1 aromatic rings. The van der Waals surface area contributed by atoms with Crippen LogP contribution in [-0.4, -0.2) is 6.54 Å². The second-order valence-corrected chi connectivity index (χ2v) is 3.57. The molecule has 1 heterocycles. The Bertz CT molecular complexity index is 322. The molecule has 0 amide bonds. The number of nitrogens with one attached hydrogen (secondary N) is 1. The van der Waals surface area contributed by atoms with Crippen molar-refractivity contribution in [1.29, 1.82) is 0 Å². The Morgan fingerprint density at radius 1 is 1.53 bits per heavy atom. The summed E-state index contributed by atoms with van der Waals surface area (Å²) in [5, 5.41) is 3.44. The van der Waals surface area contributed by atoms with Gasteiger partial charge in [0, 0.05) is 24.4 Å². The van der Waals surface area contributed by atoms with Crippen LogP contribution >= 0.6 is 0 Å². The maximum Gasteiger partial charge on any atom is 0.108 e. The van der Waals surface area contributed by atoms with Crippen LogP contribution in [-0.2, 0) is 6.42 Å². The number of aryl methyl sites for hydroxylation is 1. The molecule has 1 unspecified atom stereocenters. The molecule has 0 radical (unpaired) electrons. The molecule has 1 N–H and O–H groups in total. The van der Waals surface area contributed by atoms with Gasteiger partial charge in [-0.15, -0.1) is 12.3 Å². The third-order valence-electron chi connectivity index (χ3n) is 2.44. The van der Waals surface area contributed by atoms with Crippen molar-refractivity contribution in [2.24, 2.45) is 0 Å². The maximum absolute atomic E-state index is 5.41. The lowest BCUT2D eigenvalue weighted by atomic mass is 10.0. The second-order valence-electron chi connectivity index (χ2n) is 3.57. The first-order valence-electron chi connectivity index (χ1n) is 5.56. The third-order valence-corrected chi connectivity index (χ3v) is 2.44. The molecule has 0 aliphatic heterocycles. The molecule has 1 atom stereocenters. The monoisotopic (exact) mass is 205 g/mol. The summed E-state index contributed by atoms with van der Waals surface area (Å²) >= 11 is 0. The van der Waals surface area contributed by atoms with Gasteiger partial charge >= 0.3 is 0 Å². The topological polar surface area (TPSA) is 25.2 Å². The average Bonchev–Trinajstić information content (AvgIpc) is 2.72. The molecule has 82 valence electrons. The molecule has 0 aromatic carbocycles. The molecular formula is C13H19NO. The molecule has 0 saturated carbocycles. The minimum atomic E-state index is 0.239. The second kappa shape index (κ2) is 6.31. The number of hydrogen-bond donors (Lipinski definition) is 1. The van der Waals surface area contributed by atoms with Crippen molar-refractivity contribution in [1.82, 2.24) is 5.32 Å². The van der Waals surface area contributed by atoms with E-state index in [4.69, 9.17) is 10.8 Å². The zero-order valence-corrected chi connectivity index (χ0v) is 9.55. The zero-order chi connectivity index (χ0) is 11.1. The molecule has 15 heavy (non-hydrogen) atoms. The van der Waals surface area contributed by atoms with Crippen molar-refractivity contribution in [3.05, 3.63) is 23.7 Å². The van der Waals surface area contributed by atoms with Gasteiger partial charge in [0.05, 0.1) is 6.26 Å². The van der Waals surface area contributed by atoms with E-state index < -0.39 is 0 Å². The Balaban J connectivity index is 2.74. The summed E-state index contributed by atoms with van der Waals surface area (Å²) < 4.78 is 5.41. The Labute approximate surface area is 92.1 Å². The van der Waals surface area contributed by atoms with E-state index in [1.165, 1.54) is 5.56 Å². The van der Waals surface area contributed by atoms with Crippen LogP contribution in [0, 0.1) is 12.3 Å². The third kappa shape index (κ3) is 3.14. The van der Waals surface area contributed by atoms with E-state index in [-0.39, 0.29) is 6.04 Å². The minimum Gasteiger partial charge on any atom is -0.469 e. The van der Waals surface area contributed by atoms with Crippen molar-refractivity contribution < 1.29 is 4.42 Å². The van der Waals surface area contributed by atoms with E-state index in [0.29, 0.717) is 6.42 Å². The fourth-order valence-electron chi connectivity index (χ4n) is 1.68. The van der Waals surface area contributed by atoms with Gasteiger partial charge in [-0.05, 0) is 19.0 Å². The maximum atomic E-state index is 5.41. The fraction of sp³-hybridized carbons (Fsp3) is 0.538. The van der Waals surface area contributed by atoms with Crippen LogP contribution in [0.15, 0.2) is 16.7 Å². The van der Waals surface area contributed by atoms with Gasteiger partial charge < -0.3 is 9.73 Å². The molecule has 0 fully saturated rings. The lowest BCUT2D eigenvalue weighted by Gasteiger charge is -2.15. The SMILES string of the molecule is C#CCC(NCCC)c1ccoc1CC. The molecule has 0 saturated heterocycles. The Morgan fingerprint density at radius 3 is 2.93 bits per heavy atom. The van der Waals surface area contributed by atoms with Gasteiger partial charge in [0.25, 0.3) is 0 Å². The Morgan fingerprint density at radius 2 is 2.33 bits per heavy atom. The van der Waals surface area contributed by atoms with Crippen LogP contribution in [0.5, 0.6) is 0 Å².